The molecule has 4 nitrogen and oxygen atoms in total. The minimum Gasteiger partial charge on any atom is -0.462 e. The molecule has 0 saturated carbocycles. The summed E-state index contributed by atoms with van der Waals surface area (Å²) in [4.78, 5) is 11.9. The Hall–Kier alpha value is -1.07. The molecule has 0 spiro atoms. The third-order valence-corrected chi connectivity index (χ3v) is 3.38. The Bertz CT molecular complexity index is 435. The number of halogens is 1. The molecule has 0 atom stereocenters. The molecule has 0 aliphatic rings. The van der Waals surface area contributed by atoms with E-state index in [4.69, 9.17) is 15.6 Å². The number of esters is 1. The maximum Gasteiger partial charge on any atom is 0.338 e. The van der Waals surface area contributed by atoms with Crippen LogP contribution in [0.1, 0.15) is 41.6 Å². The lowest BCUT2D eigenvalue weighted by atomic mass is 10.1. The Morgan fingerprint density at radius 2 is 2.00 bits per heavy atom. The van der Waals surface area contributed by atoms with Gasteiger partial charge in [-0.2, -0.15) is 0 Å². The monoisotopic (exact) mass is 329 g/mol. The fraction of sp³-hybridized carbons (Fsp3) is 0.500. The predicted octanol–water partition coefficient (Wildman–Crippen LogP) is 3.05. The van der Waals surface area contributed by atoms with Crippen molar-refractivity contribution in [2.24, 2.45) is 0 Å². The Kier molecular flexibility index (Phi) is 6.87. The van der Waals surface area contributed by atoms with Crippen LogP contribution in [0.25, 0.3) is 0 Å². The highest BCUT2D eigenvalue weighted by Gasteiger charge is 2.13. The number of hydrogen-bond donors (Lipinski definition) is 2. The molecule has 19 heavy (non-hydrogen) atoms. The molecule has 0 aromatic heterocycles. The van der Waals surface area contributed by atoms with Crippen LogP contribution in [0.2, 0.25) is 0 Å². The molecule has 0 aliphatic carbocycles. The molecule has 0 aliphatic heterocycles. The van der Waals surface area contributed by atoms with Crippen molar-refractivity contribution in [3.63, 3.8) is 0 Å². The molecule has 1 aromatic rings. The second kappa shape index (κ2) is 8.17. The van der Waals surface area contributed by atoms with Crippen LogP contribution < -0.4 is 5.73 Å². The van der Waals surface area contributed by atoms with Crippen LogP contribution in [0.5, 0.6) is 0 Å². The van der Waals surface area contributed by atoms with Gasteiger partial charge in [0, 0.05) is 16.8 Å². The summed E-state index contributed by atoms with van der Waals surface area (Å²) in [6.07, 6.45) is 3.52. The van der Waals surface area contributed by atoms with Gasteiger partial charge >= 0.3 is 5.97 Å². The first-order chi connectivity index (χ1) is 9.06. The molecular formula is C14H20BrNO3. The van der Waals surface area contributed by atoms with Crippen LogP contribution in [-0.2, 0) is 4.74 Å². The van der Waals surface area contributed by atoms with Gasteiger partial charge in [-0.25, -0.2) is 4.79 Å². The van der Waals surface area contributed by atoms with Crippen LogP contribution in [0.15, 0.2) is 16.6 Å². The van der Waals surface area contributed by atoms with E-state index in [0.717, 1.165) is 35.7 Å². The van der Waals surface area contributed by atoms with Gasteiger partial charge in [0.1, 0.15) is 0 Å². The number of rotatable bonds is 7. The van der Waals surface area contributed by atoms with E-state index >= 15 is 0 Å². The minimum absolute atomic E-state index is 0.219. The quantitative estimate of drug-likeness (QED) is 0.458. The number of carbonyl (C=O) groups excluding carboxylic acids is 1. The lowest BCUT2D eigenvalue weighted by molar-refractivity contribution is 0.0496. The summed E-state index contributed by atoms with van der Waals surface area (Å²) >= 11 is 3.31. The van der Waals surface area contributed by atoms with Crippen LogP contribution >= 0.6 is 15.9 Å². The van der Waals surface area contributed by atoms with E-state index in [0.29, 0.717) is 17.9 Å². The van der Waals surface area contributed by atoms with Gasteiger partial charge in [0.15, 0.2) is 0 Å². The fourth-order valence-corrected chi connectivity index (χ4v) is 2.20. The van der Waals surface area contributed by atoms with E-state index in [-0.39, 0.29) is 12.6 Å². The van der Waals surface area contributed by atoms with E-state index in [1.165, 1.54) is 0 Å². The van der Waals surface area contributed by atoms with Crippen molar-refractivity contribution in [3.8, 4) is 0 Å². The largest absolute Gasteiger partial charge is 0.462 e. The van der Waals surface area contributed by atoms with Gasteiger partial charge in [0.05, 0.1) is 12.2 Å². The van der Waals surface area contributed by atoms with E-state index in [1.54, 1.807) is 19.1 Å². The number of anilines is 1. The van der Waals surface area contributed by atoms with Crippen molar-refractivity contribution in [1.82, 2.24) is 0 Å². The highest BCUT2D eigenvalue weighted by Crippen LogP contribution is 2.23. The topological polar surface area (TPSA) is 72.6 Å². The molecule has 106 valence electrons. The SMILES string of the molecule is Cc1c(N)cc(Br)cc1C(=O)OCCCCCCO. The molecule has 0 heterocycles. The van der Waals surface area contributed by atoms with E-state index in [2.05, 4.69) is 15.9 Å². The third kappa shape index (κ3) is 5.20. The molecule has 3 N–H and O–H groups in total. The summed E-state index contributed by atoms with van der Waals surface area (Å²) in [6, 6.07) is 3.49. The summed E-state index contributed by atoms with van der Waals surface area (Å²) < 4.78 is 5.99. The zero-order valence-electron chi connectivity index (χ0n) is 11.1. The van der Waals surface area contributed by atoms with Gasteiger partial charge in [0.25, 0.3) is 0 Å². The van der Waals surface area contributed by atoms with E-state index in [1.807, 2.05) is 0 Å². The molecular weight excluding hydrogens is 310 g/mol. The zero-order chi connectivity index (χ0) is 14.3. The first kappa shape index (κ1) is 16.0. The van der Waals surface area contributed by atoms with Crippen molar-refractivity contribution in [1.29, 1.82) is 0 Å². The maximum atomic E-state index is 11.9. The zero-order valence-corrected chi connectivity index (χ0v) is 12.7. The van der Waals surface area contributed by atoms with Gasteiger partial charge < -0.3 is 15.6 Å². The van der Waals surface area contributed by atoms with E-state index in [9.17, 15) is 4.79 Å². The van der Waals surface area contributed by atoms with Crippen molar-refractivity contribution in [3.05, 3.63) is 27.7 Å². The highest BCUT2D eigenvalue weighted by molar-refractivity contribution is 9.10. The minimum atomic E-state index is -0.340. The average Bonchev–Trinajstić information content (AvgIpc) is 2.37. The van der Waals surface area contributed by atoms with Crippen LogP contribution in [0, 0.1) is 6.92 Å². The number of aliphatic hydroxyl groups excluding tert-OH is 1. The summed E-state index contributed by atoms with van der Waals surface area (Å²) in [6.45, 7) is 2.42. The van der Waals surface area contributed by atoms with Crippen LogP contribution in [0.4, 0.5) is 5.69 Å². The number of unbranched alkanes of at least 4 members (excludes halogenated alkanes) is 3. The van der Waals surface area contributed by atoms with Crippen molar-refractivity contribution >= 4 is 27.6 Å². The van der Waals surface area contributed by atoms with Crippen molar-refractivity contribution < 1.29 is 14.6 Å². The first-order valence-electron chi connectivity index (χ1n) is 6.40. The Morgan fingerprint density at radius 3 is 2.68 bits per heavy atom. The fourth-order valence-electron chi connectivity index (χ4n) is 1.72. The Morgan fingerprint density at radius 1 is 1.32 bits per heavy atom. The molecule has 0 bridgehead atoms. The lowest BCUT2D eigenvalue weighted by Crippen LogP contribution is -2.09. The number of hydrogen-bond acceptors (Lipinski definition) is 4. The van der Waals surface area contributed by atoms with Gasteiger partial charge in [-0.3, -0.25) is 0 Å². The molecule has 0 fully saturated rings. The van der Waals surface area contributed by atoms with Gasteiger partial charge in [0.2, 0.25) is 0 Å². The maximum absolute atomic E-state index is 11.9. The van der Waals surface area contributed by atoms with Crippen molar-refractivity contribution in [2.75, 3.05) is 18.9 Å². The number of nitrogen functional groups attached to an aromatic ring is 1. The number of carbonyl (C=O) groups is 1. The lowest BCUT2D eigenvalue weighted by Gasteiger charge is -2.09. The smallest absolute Gasteiger partial charge is 0.338 e. The van der Waals surface area contributed by atoms with Gasteiger partial charge in [-0.1, -0.05) is 22.4 Å². The van der Waals surface area contributed by atoms with Crippen LogP contribution in [0.3, 0.4) is 0 Å². The molecule has 5 heteroatoms. The number of ether oxygens (including phenoxy) is 1. The highest BCUT2D eigenvalue weighted by atomic mass is 79.9. The molecule has 0 unspecified atom stereocenters. The standard InChI is InChI=1S/C14H20BrNO3/c1-10-12(8-11(15)9-13(10)16)14(18)19-7-5-3-2-4-6-17/h8-9,17H,2-7,16H2,1H3. The normalized spacial score (nSPS) is 10.5. The third-order valence-electron chi connectivity index (χ3n) is 2.92. The van der Waals surface area contributed by atoms with Gasteiger partial charge in [-0.15, -0.1) is 0 Å². The second-order valence-corrected chi connectivity index (χ2v) is 5.36. The Labute approximate surface area is 122 Å². The van der Waals surface area contributed by atoms with Crippen molar-refractivity contribution in [2.45, 2.75) is 32.6 Å². The number of benzene rings is 1. The molecule has 0 amide bonds. The number of aliphatic hydroxyl groups is 1. The molecule has 0 saturated heterocycles. The Balaban J connectivity index is 2.46. The first-order valence-corrected chi connectivity index (χ1v) is 7.19. The molecule has 1 aromatic carbocycles. The van der Waals surface area contributed by atoms with Crippen LogP contribution in [-0.4, -0.2) is 24.3 Å². The van der Waals surface area contributed by atoms with Gasteiger partial charge in [-0.05, 0) is 43.9 Å². The molecule has 1 rings (SSSR count). The second-order valence-electron chi connectivity index (χ2n) is 4.44. The summed E-state index contributed by atoms with van der Waals surface area (Å²) in [5, 5.41) is 8.64. The summed E-state index contributed by atoms with van der Waals surface area (Å²) in [5.74, 6) is -0.340. The number of nitrogens with two attached hydrogens (primary N) is 1. The predicted molar refractivity (Wildman–Crippen MR) is 79.1 cm³/mol. The van der Waals surface area contributed by atoms with E-state index < -0.39 is 0 Å². The summed E-state index contributed by atoms with van der Waals surface area (Å²) in [7, 11) is 0. The molecule has 0 radical (unpaired) electrons. The summed E-state index contributed by atoms with van der Waals surface area (Å²) in [5.41, 5.74) is 7.63. The average molecular weight is 330 g/mol.